The van der Waals surface area contributed by atoms with Crippen LogP contribution >= 0.6 is 0 Å². The minimum atomic E-state index is -0.866. The molecule has 1 saturated heterocycles. The number of nitrogens with zero attached hydrogens (tertiary/aromatic N) is 2. The summed E-state index contributed by atoms with van der Waals surface area (Å²) in [6.45, 7) is 1.51. The van der Waals surface area contributed by atoms with Crippen LogP contribution in [0, 0.1) is 0 Å². The highest BCUT2D eigenvalue weighted by Crippen LogP contribution is 2.13. The van der Waals surface area contributed by atoms with Gasteiger partial charge in [0.25, 0.3) is 0 Å². The summed E-state index contributed by atoms with van der Waals surface area (Å²) in [5.74, 6) is -0.949. The predicted octanol–water partition coefficient (Wildman–Crippen LogP) is 2.28. The second kappa shape index (κ2) is 9.81. The van der Waals surface area contributed by atoms with E-state index in [9.17, 15) is 14.4 Å². The molecule has 1 aliphatic rings. The molecule has 0 aromatic heterocycles. The van der Waals surface area contributed by atoms with Gasteiger partial charge in [0.05, 0.1) is 6.54 Å². The molecule has 0 aliphatic carbocycles. The molecule has 0 unspecified atom stereocenters. The zero-order valence-electron chi connectivity index (χ0n) is 14.5. The van der Waals surface area contributed by atoms with Crippen molar-refractivity contribution in [3.8, 4) is 0 Å². The number of carbonyl (C=O) groups is 3. The van der Waals surface area contributed by atoms with Gasteiger partial charge in [-0.25, -0.2) is 0 Å². The van der Waals surface area contributed by atoms with Crippen LogP contribution < -0.4 is 0 Å². The van der Waals surface area contributed by atoms with Crippen LogP contribution in [0.15, 0.2) is 30.3 Å². The molecule has 0 radical (unpaired) electrons. The summed E-state index contributed by atoms with van der Waals surface area (Å²) in [5.41, 5.74) is 0.994. The lowest BCUT2D eigenvalue weighted by atomic mass is 10.2. The number of carboxylic acid groups (broad SMARTS) is 1. The molecule has 1 fully saturated rings. The molecule has 6 heteroatoms. The van der Waals surface area contributed by atoms with E-state index in [2.05, 4.69) is 0 Å². The maximum absolute atomic E-state index is 12.7. The second-order valence-corrected chi connectivity index (χ2v) is 6.42. The lowest BCUT2D eigenvalue weighted by molar-refractivity contribution is -0.141. The van der Waals surface area contributed by atoms with Crippen LogP contribution in [0.3, 0.4) is 0 Å². The maximum Gasteiger partial charge on any atom is 0.303 e. The summed E-state index contributed by atoms with van der Waals surface area (Å²) >= 11 is 0. The van der Waals surface area contributed by atoms with Crippen LogP contribution in [0.25, 0.3) is 0 Å². The summed E-state index contributed by atoms with van der Waals surface area (Å²) < 4.78 is 0. The Hall–Kier alpha value is -2.37. The highest BCUT2D eigenvalue weighted by Gasteiger charge is 2.22. The fraction of sp³-hybridized carbons (Fsp3) is 0.526. The van der Waals surface area contributed by atoms with Crippen molar-refractivity contribution in [3.05, 3.63) is 35.9 Å². The first kappa shape index (κ1) is 19.0. The number of hydrogen-bond acceptors (Lipinski definition) is 3. The lowest BCUT2D eigenvalue weighted by Gasteiger charge is -2.27. The number of carbonyl (C=O) groups excluding carboxylic acids is 2. The molecule has 0 atom stereocenters. The minimum Gasteiger partial charge on any atom is -0.481 e. The largest absolute Gasteiger partial charge is 0.481 e. The molecule has 0 spiro atoms. The molecule has 136 valence electrons. The fourth-order valence-electron chi connectivity index (χ4n) is 2.99. The Labute approximate surface area is 148 Å². The molecule has 1 N–H and O–H groups in total. The average Bonchev–Trinajstić information content (AvgIpc) is 2.79. The number of likely N-dealkylation sites (tertiary alicyclic amines) is 1. The van der Waals surface area contributed by atoms with E-state index in [1.165, 1.54) is 0 Å². The molecular weight excluding hydrogens is 320 g/mol. The van der Waals surface area contributed by atoms with Crippen LogP contribution in [-0.2, 0) is 20.9 Å². The highest BCUT2D eigenvalue weighted by molar-refractivity contribution is 5.85. The Morgan fingerprint density at radius 2 is 1.88 bits per heavy atom. The third kappa shape index (κ3) is 6.57. The van der Waals surface area contributed by atoms with Crippen molar-refractivity contribution in [1.82, 2.24) is 9.80 Å². The van der Waals surface area contributed by atoms with Gasteiger partial charge in [-0.2, -0.15) is 0 Å². The number of rotatable bonds is 8. The van der Waals surface area contributed by atoms with E-state index in [4.69, 9.17) is 5.11 Å². The number of hydrogen-bond donors (Lipinski definition) is 1. The molecule has 0 saturated carbocycles. The minimum absolute atomic E-state index is 0.0290. The van der Waals surface area contributed by atoms with Crippen molar-refractivity contribution in [3.63, 3.8) is 0 Å². The van der Waals surface area contributed by atoms with Crippen LogP contribution in [0.1, 0.15) is 44.1 Å². The van der Waals surface area contributed by atoms with E-state index in [0.717, 1.165) is 24.8 Å². The van der Waals surface area contributed by atoms with Crippen LogP contribution in [-0.4, -0.2) is 52.3 Å². The van der Waals surface area contributed by atoms with Gasteiger partial charge in [-0.05, 0) is 24.8 Å². The van der Waals surface area contributed by atoms with Gasteiger partial charge in [0.2, 0.25) is 11.8 Å². The van der Waals surface area contributed by atoms with E-state index in [0.29, 0.717) is 32.5 Å². The summed E-state index contributed by atoms with van der Waals surface area (Å²) in [6.07, 6.45) is 3.77. The van der Waals surface area contributed by atoms with E-state index < -0.39 is 5.97 Å². The monoisotopic (exact) mass is 346 g/mol. The molecule has 1 heterocycles. The standard InChI is InChI=1S/C19H26N2O4/c22-17-10-5-2-6-12-21(17)15-18(23)20(13-7-11-19(24)25)14-16-8-3-1-4-9-16/h1,3-4,8-9H,2,5-7,10-15H2,(H,24,25). The highest BCUT2D eigenvalue weighted by atomic mass is 16.4. The van der Waals surface area contributed by atoms with Gasteiger partial charge in [-0.1, -0.05) is 36.8 Å². The third-order valence-electron chi connectivity index (χ3n) is 4.39. The lowest BCUT2D eigenvalue weighted by Crippen LogP contribution is -2.43. The number of aliphatic carboxylic acids is 1. The first-order valence-corrected chi connectivity index (χ1v) is 8.87. The summed E-state index contributed by atoms with van der Waals surface area (Å²) in [4.78, 5) is 38.9. The Kier molecular flexibility index (Phi) is 7.44. The topological polar surface area (TPSA) is 77.9 Å². The van der Waals surface area contributed by atoms with Gasteiger partial charge in [0.15, 0.2) is 0 Å². The normalized spacial score (nSPS) is 14.9. The molecule has 6 nitrogen and oxygen atoms in total. The van der Waals surface area contributed by atoms with Gasteiger partial charge in [0.1, 0.15) is 0 Å². The number of carboxylic acids is 1. The first-order valence-electron chi connectivity index (χ1n) is 8.87. The summed E-state index contributed by atoms with van der Waals surface area (Å²) in [6, 6.07) is 9.61. The van der Waals surface area contributed by atoms with Crippen molar-refractivity contribution in [2.24, 2.45) is 0 Å². The van der Waals surface area contributed by atoms with Gasteiger partial charge in [-0.15, -0.1) is 0 Å². The Bertz CT molecular complexity index is 588. The van der Waals surface area contributed by atoms with Gasteiger partial charge < -0.3 is 14.9 Å². The van der Waals surface area contributed by atoms with E-state index in [1.54, 1.807) is 9.80 Å². The van der Waals surface area contributed by atoms with Crippen molar-refractivity contribution >= 4 is 17.8 Å². The fourth-order valence-corrected chi connectivity index (χ4v) is 2.99. The van der Waals surface area contributed by atoms with E-state index >= 15 is 0 Å². The zero-order valence-corrected chi connectivity index (χ0v) is 14.5. The third-order valence-corrected chi connectivity index (χ3v) is 4.39. The number of amides is 2. The second-order valence-electron chi connectivity index (χ2n) is 6.42. The summed E-state index contributed by atoms with van der Waals surface area (Å²) in [7, 11) is 0. The molecular formula is C19H26N2O4. The quantitative estimate of drug-likeness (QED) is 0.783. The van der Waals surface area contributed by atoms with Gasteiger partial charge in [0, 0.05) is 32.5 Å². The predicted molar refractivity (Wildman–Crippen MR) is 93.8 cm³/mol. The van der Waals surface area contributed by atoms with Crippen molar-refractivity contribution in [1.29, 1.82) is 0 Å². The zero-order chi connectivity index (χ0) is 18.1. The molecule has 2 amide bonds. The average molecular weight is 346 g/mol. The maximum atomic E-state index is 12.7. The van der Waals surface area contributed by atoms with Crippen LogP contribution in [0.2, 0.25) is 0 Å². The van der Waals surface area contributed by atoms with Gasteiger partial charge in [-0.3, -0.25) is 14.4 Å². The summed E-state index contributed by atoms with van der Waals surface area (Å²) in [5, 5.41) is 8.83. The number of benzene rings is 1. The van der Waals surface area contributed by atoms with Crippen molar-refractivity contribution in [2.45, 2.75) is 45.1 Å². The molecule has 2 rings (SSSR count). The molecule has 1 aromatic rings. The molecule has 1 aromatic carbocycles. The van der Waals surface area contributed by atoms with Crippen LogP contribution in [0.4, 0.5) is 0 Å². The van der Waals surface area contributed by atoms with Crippen LogP contribution in [0.5, 0.6) is 0 Å². The SMILES string of the molecule is O=C(O)CCCN(Cc1ccccc1)C(=O)CN1CCCCCC1=O. The van der Waals surface area contributed by atoms with Crippen molar-refractivity contribution < 1.29 is 19.5 Å². The molecule has 0 bridgehead atoms. The smallest absolute Gasteiger partial charge is 0.303 e. The van der Waals surface area contributed by atoms with Gasteiger partial charge >= 0.3 is 5.97 Å². The van der Waals surface area contributed by atoms with Crippen molar-refractivity contribution in [2.75, 3.05) is 19.6 Å². The Balaban J connectivity index is 2.00. The Morgan fingerprint density at radius 3 is 2.60 bits per heavy atom. The van der Waals surface area contributed by atoms with E-state index in [-0.39, 0.29) is 24.8 Å². The van der Waals surface area contributed by atoms with E-state index in [1.807, 2.05) is 30.3 Å². The first-order chi connectivity index (χ1) is 12.1. The molecule has 25 heavy (non-hydrogen) atoms. The Morgan fingerprint density at radius 1 is 1.12 bits per heavy atom. The molecule has 1 aliphatic heterocycles.